The van der Waals surface area contributed by atoms with E-state index in [2.05, 4.69) is 36.4 Å². The molecular weight excluding hydrogens is 190 g/mol. The van der Waals surface area contributed by atoms with Crippen molar-refractivity contribution in [2.75, 3.05) is 20.6 Å². The van der Waals surface area contributed by atoms with E-state index in [9.17, 15) is 0 Å². The molecule has 0 aliphatic heterocycles. The molecule has 1 unspecified atom stereocenters. The number of rotatable bonds is 6. The van der Waals surface area contributed by atoms with Gasteiger partial charge in [0, 0.05) is 18.3 Å². The fourth-order valence-electron chi connectivity index (χ4n) is 1.47. The van der Waals surface area contributed by atoms with Crippen LogP contribution in [0.5, 0.6) is 0 Å². The van der Waals surface area contributed by atoms with Gasteiger partial charge in [0.1, 0.15) is 0 Å². The molecule has 0 radical (unpaired) electrons. The summed E-state index contributed by atoms with van der Waals surface area (Å²) in [6, 6.07) is 0.188. The summed E-state index contributed by atoms with van der Waals surface area (Å²) in [7, 11) is 4.12. The van der Waals surface area contributed by atoms with Crippen LogP contribution in [0.4, 0.5) is 0 Å². The van der Waals surface area contributed by atoms with Gasteiger partial charge >= 0.3 is 0 Å². The standard InChI is InChI=1S/C10H21N5/c1-4-15-8-9(7-12-15)10(13-11)5-6-14(2)3/h7-8,10,13H,4-6,11H2,1-3H3. The summed E-state index contributed by atoms with van der Waals surface area (Å²) < 4.78 is 1.91. The molecule has 86 valence electrons. The summed E-state index contributed by atoms with van der Waals surface area (Å²) >= 11 is 0. The molecule has 0 aliphatic rings. The molecule has 0 saturated carbocycles. The molecule has 1 aromatic heterocycles. The lowest BCUT2D eigenvalue weighted by Gasteiger charge is -2.16. The Morgan fingerprint density at radius 2 is 2.33 bits per heavy atom. The van der Waals surface area contributed by atoms with Crippen LogP contribution in [0.1, 0.15) is 24.9 Å². The largest absolute Gasteiger partial charge is 0.309 e. The zero-order valence-corrected chi connectivity index (χ0v) is 9.77. The molecule has 3 N–H and O–H groups in total. The monoisotopic (exact) mass is 211 g/mol. The molecule has 0 amide bonds. The first kappa shape index (κ1) is 12.2. The van der Waals surface area contributed by atoms with E-state index < -0.39 is 0 Å². The lowest BCUT2D eigenvalue weighted by atomic mass is 10.1. The van der Waals surface area contributed by atoms with Crippen LogP contribution in [-0.2, 0) is 6.54 Å². The maximum atomic E-state index is 5.54. The van der Waals surface area contributed by atoms with Crippen LogP contribution in [-0.4, -0.2) is 35.3 Å². The zero-order valence-electron chi connectivity index (χ0n) is 9.77. The number of aromatic nitrogens is 2. The minimum absolute atomic E-state index is 0.188. The van der Waals surface area contributed by atoms with Crippen molar-refractivity contribution in [2.24, 2.45) is 5.84 Å². The molecule has 0 aliphatic carbocycles. The average Bonchev–Trinajstić information content (AvgIpc) is 2.67. The van der Waals surface area contributed by atoms with Gasteiger partial charge in [0.05, 0.1) is 12.2 Å². The number of nitrogens with one attached hydrogen (secondary N) is 1. The molecule has 1 heterocycles. The van der Waals surface area contributed by atoms with Crippen LogP contribution in [0.3, 0.4) is 0 Å². The van der Waals surface area contributed by atoms with Crippen LogP contribution in [0, 0.1) is 0 Å². The van der Waals surface area contributed by atoms with E-state index in [1.54, 1.807) is 0 Å². The number of hydrazine groups is 1. The topological polar surface area (TPSA) is 59.1 Å². The van der Waals surface area contributed by atoms with Crippen LogP contribution in [0.15, 0.2) is 12.4 Å². The van der Waals surface area contributed by atoms with Gasteiger partial charge in [-0.15, -0.1) is 0 Å². The van der Waals surface area contributed by atoms with Gasteiger partial charge in [-0.1, -0.05) is 0 Å². The van der Waals surface area contributed by atoms with E-state index in [4.69, 9.17) is 5.84 Å². The summed E-state index contributed by atoms with van der Waals surface area (Å²) in [5, 5.41) is 4.24. The highest BCUT2D eigenvalue weighted by Crippen LogP contribution is 2.14. The van der Waals surface area contributed by atoms with Crippen LogP contribution < -0.4 is 11.3 Å². The summed E-state index contributed by atoms with van der Waals surface area (Å²) in [5.74, 6) is 5.54. The number of hydrogen-bond acceptors (Lipinski definition) is 4. The van der Waals surface area contributed by atoms with E-state index in [1.807, 2.05) is 17.1 Å². The Morgan fingerprint density at radius 3 is 2.80 bits per heavy atom. The third-order valence-electron chi connectivity index (χ3n) is 2.45. The fraction of sp³-hybridized carbons (Fsp3) is 0.700. The van der Waals surface area contributed by atoms with Crippen molar-refractivity contribution in [3.63, 3.8) is 0 Å². The highest BCUT2D eigenvalue weighted by atomic mass is 15.3. The Labute approximate surface area is 91.2 Å². The Kier molecular flexibility index (Phi) is 4.74. The quantitative estimate of drug-likeness (QED) is 0.527. The van der Waals surface area contributed by atoms with Crippen molar-refractivity contribution in [2.45, 2.75) is 25.9 Å². The van der Waals surface area contributed by atoms with Crippen molar-refractivity contribution in [3.8, 4) is 0 Å². The van der Waals surface area contributed by atoms with Crippen molar-refractivity contribution in [1.29, 1.82) is 0 Å². The fourth-order valence-corrected chi connectivity index (χ4v) is 1.47. The number of aryl methyl sites for hydroxylation is 1. The molecule has 5 heteroatoms. The average molecular weight is 211 g/mol. The first-order valence-corrected chi connectivity index (χ1v) is 5.30. The van der Waals surface area contributed by atoms with Gasteiger partial charge in [-0.2, -0.15) is 5.10 Å². The van der Waals surface area contributed by atoms with Gasteiger partial charge in [0.15, 0.2) is 0 Å². The number of nitrogens with zero attached hydrogens (tertiary/aromatic N) is 3. The van der Waals surface area contributed by atoms with Gasteiger partial charge in [0.2, 0.25) is 0 Å². The van der Waals surface area contributed by atoms with Crippen LogP contribution in [0.25, 0.3) is 0 Å². The Bertz CT molecular complexity index is 281. The molecule has 5 nitrogen and oxygen atoms in total. The third kappa shape index (κ3) is 3.62. The van der Waals surface area contributed by atoms with E-state index in [0.717, 1.165) is 25.1 Å². The first-order valence-electron chi connectivity index (χ1n) is 5.30. The highest BCUT2D eigenvalue weighted by molar-refractivity contribution is 5.10. The van der Waals surface area contributed by atoms with Crippen molar-refractivity contribution >= 4 is 0 Å². The maximum Gasteiger partial charge on any atom is 0.0538 e. The molecule has 0 bridgehead atoms. The summed E-state index contributed by atoms with van der Waals surface area (Å²) in [4.78, 5) is 2.15. The molecule has 0 saturated heterocycles. The van der Waals surface area contributed by atoms with Gasteiger partial charge in [-0.05, 0) is 34.0 Å². The highest BCUT2D eigenvalue weighted by Gasteiger charge is 2.11. The van der Waals surface area contributed by atoms with Gasteiger partial charge in [0.25, 0.3) is 0 Å². The molecule has 0 fully saturated rings. The van der Waals surface area contributed by atoms with Crippen molar-refractivity contribution in [1.82, 2.24) is 20.1 Å². The summed E-state index contributed by atoms with van der Waals surface area (Å²) in [5.41, 5.74) is 3.99. The molecule has 1 atom stereocenters. The van der Waals surface area contributed by atoms with Gasteiger partial charge in [-0.25, -0.2) is 0 Å². The molecule has 0 aromatic carbocycles. The van der Waals surface area contributed by atoms with E-state index in [1.165, 1.54) is 0 Å². The minimum atomic E-state index is 0.188. The normalized spacial score (nSPS) is 13.4. The predicted octanol–water partition coefficient (Wildman–Crippen LogP) is 0.359. The molecule has 0 spiro atoms. The van der Waals surface area contributed by atoms with Crippen molar-refractivity contribution < 1.29 is 0 Å². The Balaban J connectivity index is 2.57. The van der Waals surface area contributed by atoms with Crippen LogP contribution >= 0.6 is 0 Å². The predicted molar refractivity (Wildman–Crippen MR) is 61.1 cm³/mol. The smallest absolute Gasteiger partial charge is 0.0538 e. The molecular formula is C10H21N5. The van der Waals surface area contributed by atoms with E-state index in [-0.39, 0.29) is 6.04 Å². The molecule has 15 heavy (non-hydrogen) atoms. The Hall–Kier alpha value is -0.910. The number of hydrogen-bond donors (Lipinski definition) is 2. The zero-order chi connectivity index (χ0) is 11.3. The van der Waals surface area contributed by atoms with Crippen molar-refractivity contribution in [3.05, 3.63) is 18.0 Å². The van der Waals surface area contributed by atoms with Crippen LogP contribution in [0.2, 0.25) is 0 Å². The summed E-state index contributed by atoms with van der Waals surface area (Å²) in [6.07, 6.45) is 4.91. The lowest BCUT2D eigenvalue weighted by molar-refractivity contribution is 0.363. The molecule has 1 rings (SSSR count). The SMILES string of the molecule is CCn1cc(C(CCN(C)C)NN)cn1. The van der Waals surface area contributed by atoms with E-state index >= 15 is 0 Å². The Morgan fingerprint density at radius 1 is 1.60 bits per heavy atom. The van der Waals surface area contributed by atoms with Gasteiger partial charge < -0.3 is 4.90 Å². The minimum Gasteiger partial charge on any atom is -0.309 e. The van der Waals surface area contributed by atoms with E-state index in [0.29, 0.717) is 0 Å². The van der Waals surface area contributed by atoms with Gasteiger partial charge in [-0.3, -0.25) is 16.0 Å². The second kappa shape index (κ2) is 5.85. The second-order valence-electron chi connectivity index (χ2n) is 3.94. The third-order valence-corrected chi connectivity index (χ3v) is 2.45. The summed E-state index contributed by atoms with van der Waals surface area (Å²) in [6.45, 7) is 3.97. The first-order chi connectivity index (χ1) is 7.17. The lowest BCUT2D eigenvalue weighted by Crippen LogP contribution is -2.30. The molecule has 1 aromatic rings. The number of nitrogens with two attached hydrogens (primary N) is 1. The second-order valence-corrected chi connectivity index (χ2v) is 3.94. The maximum absolute atomic E-state index is 5.54.